The van der Waals surface area contributed by atoms with Gasteiger partial charge in [0.05, 0.1) is 6.42 Å². The molecule has 42 heavy (non-hydrogen) atoms. The van der Waals surface area contributed by atoms with E-state index in [0.717, 1.165) is 44.3 Å². The lowest BCUT2D eigenvalue weighted by Gasteiger charge is -2.33. The van der Waals surface area contributed by atoms with Crippen LogP contribution in [0.1, 0.15) is 74.0 Å². The average molecular weight is 578 g/mol. The van der Waals surface area contributed by atoms with Gasteiger partial charge < -0.3 is 20.1 Å². The van der Waals surface area contributed by atoms with Gasteiger partial charge in [-0.25, -0.2) is 4.39 Å². The third-order valence-electron chi connectivity index (χ3n) is 8.11. The zero-order valence-electron chi connectivity index (χ0n) is 24.0. The van der Waals surface area contributed by atoms with Crippen LogP contribution in [0.4, 0.5) is 4.39 Å². The summed E-state index contributed by atoms with van der Waals surface area (Å²) in [5.41, 5.74) is 1.99. The number of ether oxygens (including phenoxy) is 1. The maximum absolute atomic E-state index is 13.4. The molecule has 2 atom stereocenters. The first-order valence-electron chi connectivity index (χ1n) is 14.9. The largest absolute Gasteiger partial charge is 0.491 e. The molecule has 0 saturated carbocycles. The highest BCUT2D eigenvalue weighted by atomic mass is 19.1. The molecule has 1 aromatic heterocycles. The van der Waals surface area contributed by atoms with Crippen molar-refractivity contribution in [3.8, 4) is 17.6 Å². The van der Waals surface area contributed by atoms with Gasteiger partial charge in [0.15, 0.2) is 0 Å². The number of piperidine rings is 2. The number of hydrogen-bond donors (Lipinski definition) is 2. The van der Waals surface area contributed by atoms with Crippen LogP contribution in [0.2, 0.25) is 0 Å². The van der Waals surface area contributed by atoms with Gasteiger partial charge in [-0.05, 0) is 87.0 Å². The molecular weight excluding hydrogens is 537 g/mol. The number of likely N-dealkylation sites (tertiary alicyclic amines) is 1. The van der Waals surface area contributed by atoms with E-state index in [-0.39, 0.29) is 37.1 Å². The fourth-order valence-corrected chi connectivity index (χ4v) is 5.74. The summed E-state index contributed by atoms with van der Waals surface area (Å²) in [7, 11) is 0. The molecule has 2 aliphatic heterocycles. The number of alkyl halides is 1. The molecule has 2 aliphatic rings. The molecule has 2 N–H and O–H groups in total. The molecule has 2 fully saturated rings. The lowest BCUT2D eigenvalue weighted by Crippen LogP contribution is -2.42. The Balaban J connectivity index is 1.37. The van der Waals surface area contributed by atoms with Crippen LogP contribution in [0.15, 0.2) is 42.7 Å². The third kappa shape index (κ3) is 9.66. The Morgan fingerprint density at radius 1 is 1.07 bits per heavy atom. The van der Waals surface area contributed by atoms with Crippen molar-refractivity contribution in [2.24, 2.45) is 11.8 Å². The van der Waals surface area contributed by atoms with Gasteiger partial charge in [-0.1, -0.05) is 11.8 Å². The zero-order chi connectivity index (χ0) is 29.7. The van der Waals surface area contributed by atoms with E-state index in [1.807, 2.05) is 4.90 Å². The van der Waals surface area contributed by atoms with Gasteiger partial charge in [0, 0.05) is 61.3 Å². The van der Waals surface area contributed by atoms with Crippen molar-refractivity contribution in [3.63, 3.8) is 0 Å². The number of nitrogens with zero attached hydrogens (tertiary/aromatic N) is 2. The Labute approximate surface area is 247 Å². The molecule has 0 aliphatic carbocycles. The van der Waals surface area contributed by atoms with E-state index >= 15 is 0 Å². The number of carbonyl (C=O) groups excluding carboxylic acids is 2. The SMILES string of the molecule is O=C(O)C[C@H](CC(=O)[C@@H]1CCCN(C(=O)CCC2CCNCC2)C1)c1cncc(C#Cc2ccc(OCCF)cc2)c1. The van der Waals surface area contributed by atoms with Crippen LogP contribution in [0.3, 0.4) is 0 Å². The van der Waals surface area contributed by atoms with E-state index in [9.17, 15) is 23.9 Å². The van der Waals surface area contributed by atoms with Crippen molar-refractivity contribution < 1.29 is 28.6 Å². The summed E-state index contributed by atoms with van der Waals surface area (Å²) in [6.45, 7) is 2.54. The molecule has 8 nitrogen and oxygen atoms in total. The van der Waals surface area contributed by atoms with Gasteiger partial charge in [0.25, 0.3) is 0 Å². The monoisotopic (exact) mass is 577 g/mol. The van der Waals surface area contributed by atoms with Crippen LogP contribution >= 0.6 is 0 Å². The van der Waals surface area contributed by atoms with Gasteiger partial charge in [0.2, 0.25) is 5.91 Å². The number of aromatic nitrogens is 1. The summed E-state index contributed by atoms with van der Waals surface area (Å²) in [6, 6.07) is 8.77. The van der Waals surface area contributed by atoms with Gasteiger partial charge >= 0.3 is 5.97 Å². The minimum absolute atomic E-state index is 0.000737. The number of carboxylic acid groups (broad SMARTS) is 1. The van der Waals surface area contributed by atoms with Crippen molar-refractivity contribution >= 4 is 17.7 Å². The molecule has 2 aromatic rings. The van der Waals surface area contributed by atoms with E-state index in [4.69, 9.17) is 4.74 Å². The minimum Gasteiger partial charge on any atom is -0.491 e. The Morgan fingerprint density at radius 2 is 1.83 bits per heavy atom. The second kappa shape index (κ2) is 16.0. The van der Waals surface area contributed by atoms with Crippen LogP contribution in [0.5, 0.6) is 5.75 Å². The van der Waals surface area contributed by atoms with Crippen LogP contribution in [0.25, 0.3) is 0 Å². The number of rotatable bonds is 12. The predicted octanol–water partition coefficient (Wildman–Crippen LogP) is 4.37. The third-order valence-corrected chi connectivity index (χ3v) is 8.11. The maximum atomic E-state index is 13.4. The molecular formula is C33H40FN3O5. The van der Waals surface area contributed by atoms with Gasteiger partial charge in [0.1, 0.15) is 24.8 Å². The predicted molar refractivity (Wildman–Crippen MR) is 157 cm³/mol. The molecule has 1 amide bonds. The highest BCUT2D eigenvalue weighted by molar-refractivity contribution is 5.84. The summed E-state index contributed by atoms with van der Waals surface area (Å²) >= 11 is 0. The first-order valence-corrected chi connectivity index (χ1v) is 14.9. The number of amides is 1. The van der Waals surface area contributed by atoms with Crippen molar-refractivity contribution in [1.82, 2.24) is 15.2 Å². The lowest BCUT2D eigenvalue weighted by atomic mass is 9.84. The van der Waals surface area contributed by atoms with Crippen molar-refractivity contribution in [1.29, 1.82) is 0 Å². The number of benzene rings is 1. The highest BCUT2D eigenvalue weighted by Gasteiger charge is 2.31. The highest BCUT2D eigenvalue weighted by Crippen LogP contribution is 2.29. The average Bonchev–Trinajstić information content (AvgIpc) is 3.02. The topological polar surface area (TPSA) is 109 Å². The van der Waals surface area contributed by atoms with E-state index in [0.29, 0.717) is 48.7 Å². The fraction of sp³-hybridized carbons (Fsp3) is 0.515. The molecule has 2 saturated heterocycles. The van der Waals surface area contributed by atoms with Gasteiger partial charge in [-0.3, -0.25) is 19.4 Å². The number of Topliss-reactive ketones (excluding diaryl/α,β-unsaturated/α-hetero) is 1. The normalized spacial score (nSPS) is 18.0. The zero-order valence-corrected chi connectivity index (χ0v) is 24.0. The minimum atomic E-state index is -0.988. The molecule has 3 heterocycles. The summed E-state index contributed by atoms with van der Waals surface area (Å²) in [6.07, 6.45) is 8.17. The van der Waals surface area contributed by atoms with Crippen molar-refractivity contribution in [2.75, 3.05) is 39.5 Å². The molecule has 0 radical (unpaired) electrons. The number of carboxylic acids is 1. The second-order valence-electron chi connectivity index (χ2n) is 11.2. The van der Waals surface area contributed by atoms with Crippen LogP contribution in [0, 0.1) is 23.7 Å². The number of pyridine rings is 1. The fourth-order valence-electron chi connectivity index (χ4n) is 5.74. The molecule has 0 spiro atoms. The summed E-state index contributed by atoms with van der Waals surface area (Å²) in [5, 5.41) is 13.0. The number of carbonyl (C=O) groups is 3. The Kier molecular flexibility index (Phi) is 11.9. The number of ketones is 1. The Morgan fingerprint density at radius 3 is 2.57 bits per heavy atom. The number of halogens is 1. The van der Waals surface area contributed by atoms with E-state index in [1.54, 1.807) is 42.7 Å². The standard InChI is InChI=1S/C33H40FN3O5/c34-13-17-42-30-8-5-24(6-9-30)3-4-26-18-29(22-36-21-26)28(20-33(40)41)19-31(38)27-2-1-16-37(23-27)32(39)10-7-25-11-14-35-15-12-25/h5-6,8-9,18,21-22,25,27-28,35H,1-2,7,10-17,19-20,23H2,(H,40,41)/t27-,28+/m1/s1. The number of nitrogens with one attached hydrogen (secondary N) is 1. The van der Waals surface area contributed by atoms with E-state index in [1.165, 1.54) is 0 Å². The van der Waals surface area contributed by atoms with Crippen LogP contribution < -0.4 is 10.1 Å². The van der Waals surface area contributed by atoms with Crippen LogP contribution in [-0.2, 0) is 14.4 Å². The molecule has 0 bridgehead atoms. The Hall–Kier alpha value is -3.77. The number of aliphatic carboxylic acids is 1. The van der Waals surface area contributed by atoms with Gasteiger partial charge in [-0.15, -0.1) is 0 Å². The molecule has 4 rings (SSSR count). The van der Waals surface area contributed by atoms with E-state index < -0.39 is 18.6 Å². The first-order chi connectivity index (χ1) is 20.4. The quantitative estimate of drug-likeness (QED) is 0.361. The molecule has 1 aromatic carbocycles. The maximum Gasteiger partial charge on any atom is 0.303 e. The summed E-state index contributed by atoms with van der Waals surface area (Å²) < 4.78 is 17.5. The smallest absolute Gasteiger partial charge is 0.303 e. The Bertz CT molecular complexity index is 1270. The van der Waals surface area contributed by atoms with Crippen molar-refractivity contribution in [2.45, 2.75) is 57.3 Å². The summed E-state index contributed by atoms with van der Waals surface area (Å²) in [5.74, 6) is 5.53. The van der Waals surface area contributed by atoms with E-state index in [2.05, 4.69) is 22.1 Å². The second-order valence-corrected chi connectivity index (χ2v) is 11.2. The number of hydrogen-bond acceptors (Lipinski definition) is 6. The summed E-state index contributed by atoms with van der Waals surface area (Å²) in [4.78, 5) is 44.2. The molecule has 0 unspecified atom stereocenters. The van der Waals surface area contributed by atoms with Crippen LogP contribution in [-0.4, -0.2) is 72.1 Å². The molecule has 224 valence electrons. The van der Waals surface area contributed by atoms with Gasteiger partial charge in [-0.2, -0.15) is 0 Å². The first kappa shape index (κ1) is 31.2. The van der Waals surface area contributed by atoms with Crippen molar-refractivity contribution in [3.05, 3.63) is 59.4 Å². The lowest BCUT2D eigenvalue weighted by molar-refractivity contribution is -0.137. The molecule has 9 heteroatoms.